The third kappa shape index (κ3) is 3.69. The molecule has 2 N–H and O–H groups in total. The Labute approximate surface area is 139 Å². The number of nitrogens with one attached hydrogen (secondary N) is 2. The first kappa shape index (κ1) is 17.0. The zero-order valence-electron chi connectivity index (χ0n) is 12.6. The van der Waals surface area contributed by atoms with Gasteiger partial charge in [0.15, 0.2) is 10.8 Å². The summed E-state index contributed by atoms with van der Waals surface area (Å²) in [6.07, 6.45) is 1.08. The van der Waals surface area contributed by atoms with Crippen LogP contribution in [-0.2, 0) is 0 Å². The van der Waals surface area contributed by atoms with Crippen LogP contribution in [0.2, 0.25) is 0 Å². The molecule has 3 heterocycles. The average molecular weight is 342 g/mol. The molecule has 2 unspecified atom stereocenters. The number of aryl methyl sites for hydroxylation is 1. The van der Waals surface area contributed by atoms with E-state index in [0.717, 1.165) is 30.3 Å². The fourth-order valence-corrected chi connectivity index (χ4v) is 3.23. The minimum atomic E-state index is -0.110. The van der Waals surface area contributed by atoms with E-state index in [1.165, 1.54) is 11.3 Å². The molecular weight excluding hydrogens is 322 g/mol. The lowest BCUT2D eigenvalue weighted by Gasteiger charge is -2.29. The molecule has 0 aromatic carbocycles. The average Bonchev–Trinajstić information content (AvgIpc) is 3.10. The summed E-state index contributed by atoms with van der Waals surface area (Å²) in [6, 6.07) is 3.94. The topological polar surface area (TPSA) is 67.2 Å². The summed E-state index contributed by atoms with van der Waals surface area (Å²) >= 11 is 1.43. The number of rotatable bonds is 3. The number of piperidine rings is 1. The van der Waals surface area contributed by atoms with Gasteiger partial charge in [0.1, 0.15) is 11.5 Å². The second-order valence-corrected chi connectivity index (χ2v) is 6.36. The molecule has 0 spiro atoms. The first-order valence-corrected chi connectivity index (χ1v) is 8.05. The normalized spacial score (nSPS) is 21.2. The van der Waals surface area contributed by atoms with Crippen LogP contribution in [0.3, 0.4) is 0 Å². The highest BCUT2D eigenvalue weighted by Crippen LogP contribution is 2.25. The molecule has 120 valence electrons. The van der Waals surface area contributed by atoms with Crippen LogP contribution in [0.1, 0.15) is 29.6 Å². The van der Waals surface area contributed by atoms with Crippen molar-refractivity contribution in [3.63, 3.8) is 0 Å². The zero-order chi connectivity index (χ0) is 14.8. The Hall–Kier alpha value is -1.37. The number of halogens is 1. The first-order chi connectivity index (χ1) is 10.1. The lowest BCUT2D eigenvalue weighted by Crippen LogP contribution is -2.50. The minimum absolute atomic E-state index is 0. The van der Waals surface area contributed by atoms with Crippen LogP contribution in [0.5, 0.6) is 0 Å². The molecule has 1 aliphatic heterocycles. The summed E-state index contributed by atoms with van der Waals surface area (Å²) in [4.78, 5) is 16.7. The van der Waals surface area contributed by atoms with E-state index >= 15 is 0 Å². The number of carbonyl (C=O) groups is 1. The number of nitrogens with zero attached hydrogens (tertiary/aromatic N) is 1. The van der Waals surface area contributed by atoms with E-state index in [-0.39, 0.29) is 24.4 Å². The monoisotopic (exact) mass is 341 g/mol. The Morgan fingerprint density at radius 3 is 3.00 bits per heavy atom. The molecule has 3 rings (SSSR count). The van der Waals surface area contributed by atoms with Gasteiger partial charge in [0.2, 0.25) is 0 Å². The van der Waals surface area contributed by atoms with Gasteiger partial charge in [0.25, 0.3) is 5.91 Å². The van der Waals surface area contributed by atoms with Crippen LogP contribution >= 0.6 is 23.7 Å². The Kier molecular flexibility index (Phi) is 5.61. The molecule has 22 heavy (non-hydrogen) atoms. The minimum Gasteiger partial charge on any atom is -0.459 e. The van der Waals surface area contributed by atoms with E-state index in [9.17, 15) is 4.79 Å². The number of aromatic nitrogens is 1. The van der Waals surface area contributed by atoms with Crippen LogP contribution in [0.25, 0.3) is 10.8 Å². The fraction of sp³-hybridized carbons (Fsp3) is 0.467. The molecule has 2 aromatic rings. The molecular formula is C15H20ClN3O2S. The lowest BCUT2D eigenvalue weighted by atomic mass is 9.95. The maximum Gasteiger partial charge on any atom is 0.271 e. The van der Waals surface area contributed by atoms with Crippen LogP contribution in [0.4, 0.5) is 0 Å². The van der Waals surface area contributed by atoms with E-state index < -0.39 is 0 Å². The quantitative estimate of drug-likeness (QED) is 0.900. The van der Waals surface area contributed by atoms with Gasteiger partial charge in [0.05, 0.1) is 0 Å². The second-order valence-electron chi connectivity index (χ2n) is 5.50. The highest BCUT2D eigenvalue weighted by molar-refractivity contribution is 7.13. The van der Waals surface area contributed by atoms with Crippen LogP contribution in [-0.4, -0.2) is 30.0 Å². The van der Waals surface area contributed by atoms with Gasteiger partial charge in [-0.25, -0.2) is 4.98 Å². The molecule has 0 bridgehead atoms. The zero-order valence-corrected chi connectivity index (χ0v) is 14.2. The fourth-order valence-electron chi connectivity index (χ4n) is 2.47. The van der Waals surface area contributed by atoms with E-state index in [1.807, 2.05) is 19.1 Å². The third-order valence-corrected chi connectivity index (χ3v) is 4.69. The molecule has 0 saturated carbocycles. The number of carbonyl (C=O) groups excluding carboxylic acids is 1. The summed E-state index contributed by atoms with van der Waals surface area (Å²) in [6.45, 7) is 5.90. The number of hydrogen-bond acceptors (Lipinski definition) is 5. The van der Waals surface area contributed by atoms with Gasteiger partial charge in [0, 0.05) is 18.0 Å². The van der Waals surface area contributed by atoms with Gasteiger partial charge in [-0.2, -0.15) is 0 Å². The molecule has 5 nitrogen and oxygen atoms in total. The molecule has 1 fully saturated rings. The van der Waals surface area contributed by atoms with E-state index in [1.54, 1.807) is 5.38 Å². The predicted octanol–water partition coefficient (Wildman–Crippen LogP) is 2.86. The van der Waals surface area contributed by atoms with Crippen molar-refractivity contribution in [3.05, 3.63) is 29.0 Å². The molecule has 2 aromatic heterocycles. The molecule has 1 saturated heterocycles. The van der Waals surface area contributed by atoms with Crippen molar-refractivity contribution in [3.8, 4) is 10.8 Å². The number of thiazole rings is 1. The van der Waals surface area contributed by atoms with E-state index in [4.69, 9.17) is 4.42 Å². The van der Waals surface area contributed by atoms with Crippen molar-refractivity contribution in [1.29, 1.82) is 0 Å². The lowest BCUT2D eigenvalue weighted by molar-refractivity contribution is 0.0911. The Morgan fingerprint density at radius 1 is 1.50 bits per heavy atom. The maximum absolute atomic E-state index is 12.3. The molecule has 7 heteroatoms. The number of amides is 1. The van der Waals surface area contributed by atoms with E-state index in [0.29, 0.717) is 17.4 Å². The SMILES string of the molecule is Cc1ccc(-c2nc(C(=O)NC3CNCCC3C)cs2)o1.Cl. The summed E-state index contributed by atoms with van der Waals surface area (Å²) in [5.41, 5.74) is 0.460. The van der Waals surface area contributed by atoms with Crippen molar-refractivity contribution in [2.45, 2.75) is 26.3 Å². The van der Waals surface area contributed by atoms with Gasteiger partial charge in [-0.05, 0) is 37.9 Å². The van der Waals surface area contributed by atoms with Crippen molar-refractivity contribution >= 4 is 29.7 Å². The van der Waals surface area contributed by atoms with Crippen molar-refractivity contribution in [2.75, 3.05) is 13.1 Å². The van der Waals surface area contributed by atoms with Gasteiger partial charge < -0.3 is 15.1 Å². The number of hydrogen-bond donors (Lipinski definition) is 2. The summed E-state index contributed by atoms with van der Waals surface area (Å²) in [7, 11) is 0. The smallest absolute Gasteiger partial charge is 0.271 e. The predicted molar refractivity (Wildman–Crippen MR) is 89.7 cm³/mol. The van der Waals surface area contributed by atoms with Crippen molar-refractivity contribution in [1.82, 2.24) is 15.6 Å². The summed E-state index contributed by atoms with van der Waals surface area (Å²) < 4.78 is 5.54. The summed E-state index contributed by atoms with van der Waals surface area (Å²) in [5, 5.41) is 8.90. The Bertz CT molecular complexity index is 640. The van der Waals surface area contributed by atoms with Gasteiger partial charge in [-0.3, -0.25) is 4.79 Å². The third-order valence-electron chi connectivity index (χ3n) is 3.83. The largest absolute Gasteiger partial charge is 0.459 e. The standard InChI is InChI=1S/C15H19N3O2S.ClH/c1-9-5-6-16-7-11(9)17-14(19)12-8-21-15(18-12)13-4-3-10(2)20-13;/h3-4,8-9,11,16H,5-7H2,1-2H3,(H,17,19);1H. The highest BCUT2D eigenvalue weighted by Gasteiger charge is 2.24. The van der Waals surface area contributed by atoms with Crippen molar-refractivity contribution in [2.24, 2.45) is 5.92 Å². The second kappa shape index (κ2) is 7.26. The Morgan fingerprint density at radius 2 is 2.32 bits per heavy atom. The van der Waals surface area contributed by atoms with Gasteiger partial charge in [-0.1, -0.05) is 6.92 Å². The first-order valence-electron chi connectivity index (χ1n) is 7.17. The van der Waals surface area contributed by atoms with Crippen LogP contribution in [0.15, 0.2) is 21.9 Å². The molecule has 1 amide bonds. The maximum atomic E-state index is 12.3. The molecule has 1 aliphatic rings. The van der Waals surface area contributed by atoms with Crippen molar-refractivity contribution < 1.29 is 9.21 Å². The number of furan rings is 1. The van der Waals surface area contributed by atoms with Gasteiger partial charge >= 0.3 is 0 Å². The summed E-state index contributed by atoms with van der Waals surface area (Å²) in [5.74, 6) is 1.93. The van der Waals surface area contributed by atoms with Gasteiger partial charge in [-0.15, -0.1) is 23.7 Å². The van der Waals surface area contributed by atoms with E-state index in [2.05, 4.69) is 22.5 Å². The molecule has 0 aliphatic carbocycles. The highest BCUT2D eigenvalue weighted by atomic mass is 35.5. The van der Waals surface area contributed by atoms with Crippen LogP contribution in [0, 0.1) is 12.8 Å². The van der Waals surface area contributed by atoms with Crippen LogP contribution < -0.4 is 10.6 Å². The molecule has 2 atom stereocenters. The molecule has 0 radical (unpaired) electrons. The Balaban J connectivity index is 0.00000176.